The Labute approximate surface area is 135 Å². The van der Waals surface area contributed by atoms with Gasteiger partial charge in [-0.3, -0.25) is 4.79 Å². The van der Waals surface area contributed by atoms with Gasteiger partial charge in [0.2, 0.25) is 0 Å². The molecule has 4 nitrogen and oxygen atoms in total. The van der Waals surface area contributed by atoms with Gasteiger partial charge in [-0.1, -0.05) is 12.8 Å². The van der Waals surface area contributed by atoms with Gasteiger partial charge in [-0.25, -0.2) is 9.37 Å². The van der Waals surface area contributed by atoms with Gasteiger partial charge in [0.1, 0.15) is 11.6 Å². The van der Waals surface area contributed by atoms with Crippen LogP contribution < -0.4 is 10.2 Å². The van der Waals surface area contributed by atoms with Crippen LogP contribution in [0.25, 0.3) is 0 Å². The van der Waals surface area contributed by atoms with Gasteiger partial charge in [0.05, 0.1) is 11.9 Å². The molecular weight excluding hydrogens is 293 g/mol. The number of nitrogens with zero attached hydrogens (tertiary/aromatic N) is 2. The summed E-state index contributed by atoms with van der Waals surface area (Å²) in [5.41, 5.74) is 1.06. The van der Waals surface area contributed by atoms with Gasteiger partial charge in [-0.2, -0.15) is 0 Å². The lowest BCUT2D eigenvalue weighted by Gasteiger charge is -2.21. The largest absolute Gasteiger partial charge is 0.357 e. The third kappa shape index (κ3) is 4.06. The van der Waals surface area contributed by atoms with E-state index in [1.54, 1.807) is 6.20 Å². The van der Waals surface area contributed by atoms with E-state index in [-0.39, 0.29) is 11.7 Å². The summed E-state index contributed by atoms with van der Waals surface area (Å²) in [7, 11) is 0. The van der Waals surface area contributed by atoms with Crippen molar-refractivity contribution in [3.05, 3.63) is 54.0 Å². The number of carbonyl (C=O) groups is 1. The van der Waals surface area contributed by atoms with E-state index in [2.05, 4.69) is 15.2 Å². The molecule has 0 saturated carbocycles. The summed E-state index contributed by atoms with van der Waals surface area (Å²) in [5.74, 6) is 0.325. The second kappa shape index (κ2) is 7.22. The predicted molar refractivity (Wildman–Crippen MR) is 89.3 cm³/mol. The fourth-order valence-electron chi connectivity index (χ4n) is 2.75. The fourth-order valence-corrected chi connectivity index (χ4v) is 2.75. The maximum atomic E-state index is 12.9. The maximum Gasteiger partial charge on any atom is 0.255 e. The third-order valence-corrected chi connectivity index (χ3v) is 4.04. The summed E-state index contributed by atoms with van der Waals surface area (Å²) in [5, 5.41) is 2.78. The zero-order chi connectivity index (χ0) is 16.1. The molecule has 0 unspecified atom stereocenters. The highest BCUT2D eigenvalue weighted by atomic mass is 19.1. The van der Waals surface area contributed by atoms with Crippen LogP contribution in [0.4, 0.5) is 15.9 Å². The van der Waals surface area contributed by atoms with Crippen LogP contribution in [0.3, 0.4) is 0 Å². The average molecular weight is 313 g/mol. The van der Waals surface area contributed by atoms with Crippen molar-refractivity contribution in [3.63, 3.8) is 0 Å². The molecule has 5 heteroatoms. The number of pyridine rings is 1. The summed E-state index contributed by atoms with van der Waals surface area (Å²) < 4.78 is 12.9. The third-order valence-electron chi connectivity index (χ3n) is 4.04. The predicted octanol–water partition coefficient (Wildman–Crippen LogP) is 3.85. The molecule has 1 saturated heterocycles. The van der Waals surface area contributed by atoms with Crippen molar-refractivity contribution in [1.29, 1.82) is 0 Å². The molecule has 3 rings (SSSR count). The van der Waals surface area contributed by atoms with Crippen molar-refractivity contribution in [3.8, 4) is 0 Å². The molecule has 0 radical (unpaired) electrons. The van der Waals surface area contributed by atoms with E-state index in [0.717, 1.165) is 18.9 Å². The molecular formula is C18H20FN3O. The Morgan fingerprint density at radius 1 is 1.00 bits per heavy atom. The first kappa shape index (κ1) is 15.5. The molecule has 0 bridgehead atoms. The van der Waals surface area contributed by atoms with E-state index in [4.69, 9.17) is 0 Å². The van der Waals surface area contributed by atoms with Crippen LogP contribution in [0, 0.1) is 5.82 Å². The lowest BCUT2D eigenvalue weighted by Crippen LogP contribution is -2.24. The SMILES string of the molecule is O=C(Nc1ccc(N2CCCCCC2)nc1)c1ccc(F)cc1. The topological polar surface area (TPSA) is 45.2 Å². The van der Waals surface area contributed by atoms with Crippen LogP contribution in [0.2, 0.25) is 0 Å². The van der Waals surface area contributed by atoms with Crippen molar-refractivity contribution in [2.75, 3.05) is 23.3 Å². The van der Waals surface area contributed by atoms with E-state index in [9.17, 15) is 9.18 Å². The highest BCUT2D eigenvalue weighted by Crippen LogP contribution is 2.19. The van der Waals surface area contributed by atoms with Crippen LogP contribution in [0.5, 0.6) is 0 Å². The molecule has 1 aromatic heterocycles. The zero-order valence-corrected chi connectivity index (χ0v) is 13.0. The maximum absolute atomic E-state index is 12.9. The Morgan fingerprint density at radius 2 is 1.70 bits per heavy atom. The van der Waals surface area contributed by atoms with Gasteiger partial charge in [-0.15, -0.1) is 0 Å². The average Bonchev–Trinajstić information content (AvgIpc) is 2.85. The Morgan fingerprint density at radius 3 is 2.30 bits per heavy atom. The van der Waals surface area contributed by atoms with Crippen molar-refractivity contribution in [2.24, 2.45) is 0 Å². The number of nitrogens with one attached hydrogen (secondary N) is 1. The number of benzene rings is 1. The second-order valence-corrected chi connectivity index (χ2v) is 5.77. The summed E-state index contributed by atoms with van der Waals surface area (Å²) in [6.07, 6.45) is 6.63. The molecule has 0 aliphatic carbocycles. The number of halogens is 1. The Bertz CT molecular complexity index is 647. The van der Waals surface area contributed by atoms with Crippen LogP contribution >= 0.6 is 0 Å². The molecule has 1 aromatic carbocycles. The minimum absolute atomic E-state index is 0.269. The first-order valence-electron chi connectivity index (χ1n) is 8.00. The molecule has 0 spiro atoms. The second-order valence-electron chi connectivity index (χ2n) is 5.77. The van der Waals surface area contributed by atoms with E-state index < -0.39 is 0 Å². The molecule has 1 aliphatic rings. The van der Waals surface area contributed by atoms with Crippen molar-refractivity contribution in [2.45, 2.75) is 25.7 Å². The van der Waals surface area contributed by atoms with Crippen molar-refractivity contribution in [1.82, 2.24) is 4.98 Å². The fraction of sp³-hybridized carbons (Fsp3) is 0.333. The van der Waals surface area contributed by atoms with Crippen LogP contribution in [0.1, 0.15) is 36.0 Å². The molecule has 1 N–H and O–H groups in total. The minimum Gasteiger partial charge on any atom is -0.357 e. The summed E-state index contributed by atoms with van der Waals surface area (Å²) in [6, 6.07) is 9.26. The highest BCUT2D eigenvalue weighted by Gasteiger charge is 2.11. The monoisotopic (exact) mass is 313 g/mol. The quantitative estimate of drug-likeness (QED) is 0.936. The number of carbonyl (C=O) groups excluding carboxylic acids is 1. The molecule has 2 aromatic rings. The first-order valence-corrected chi connectivity index (χ1v) is 8.00. The van der Waals surface area contributed by atoms with Gasteiger partial charge < -0.3 is 10.2 Å². The molecule has 1 aliphatic heterocycles. The first-order chi connectivity index (χ1) is 11.2. The number of hydrogen-bond donors (Lipinski definition) is 1. The lowest BCUT2D eigenvalue weighted by atomic mass is 10.2. The molecule has 2 heterocycles. The van der Waals surface area contributed by atoms with Crippen LogP contribution in [0.15, 0.2) is 42.6 Å². The molecule has 120 valence electrons. The summed E-state index contributed by atoms with van der Waals surface area (Å²) in [6.45, 7) is 2.07. The number of amides is 1. The van der Waals surface area contributed by atoms with Gasteiger partial charge in [0.25, 0.3) is 5.91 Å². The Balaban J connectivity index is 1.64. The standard InChI is InChI=1S/C18H20FN3O/c19-15-7-5-14(6-8-15)18(23)21-16-9-10-17(20-13-16)22-11-3-1-2-4-12-22/h5-10,13H,1-4,11-12H2,(H,21,23). The zero-order valence-electron chi connectivity index (χ0n) is 13.0. The molecule has 1 fully saturated rings. The van der Waals surface area contributed by atoms with E-state index >= 15 is 0 Å². The number of aromatic nitrogens is 1. The molecule has 23 heavy (non-hydrogen) atoms. The van der Waals surface area contributed by atoms with E-state index in [0.29, 0.717) is 11.3 Å². The molecule has 1 amide bonds. The highest BCUT2D eigenvalue weighted by molar-refractivity contribution is 6.04. The Hall–Kier alpha value is -2.43. The van der Waals surface area contributed by atoms with Gasteiger partial charge in [-0.05, 0) is 49.2 Å². The smallest absolute Gasteiger partial charge is 0.255 e. The van der Waals surface area contributed by atoms with Crippen molar-refractivity contribution < 1.29 is 9.18 Å². The van der Waals surface area contributed by atoms with Crippen molar-refractivity contribution >= 4 is 17.4 Å². The normalized spacial score (nSPS) is 15.1. The van der Waals surface area contributed by atoms with Gasteiger partial charge in [0, 0.05) is 18.7 Å². The van der Waals surface area contributed by atoms with Gasteiger partial charge >= 0.3 is 0 Å². The van der Waals surface area contributed by atoms with Crippen LogP contribution in [-0.2, 0) is 0 Å². The summed E-state index contributed by atoms with van der Waals surface area (Å²) >= 11 is 0. The Kier molecular flexibility index (Phi) is 4.86. The van der Waals surface area contributed by atoms with Gasteiger partial charge in [0.15, 0.2) is 0 Å². The minimum atomic E-state index is -0.356. The number of hydrogen-bond acceptors (Lipinski definition) is 3. The lowest BCUT2D eigenvalue weighted by molar-refractivity contribution is 0.102. The molecule has 0 atom stereocenters. The van der Waals surface area contributed by atoms with E-state index in [1.165, 1.54) is 49.9 Å². The van der Waals surface area contributed by atoms with E-state index in [1.807, 2.05) is 12.1 Å². The van der Waals surface area contributed by atoms with Crippen LogP contribution in [-0.4, -0.2) is 24.0 Å². The number of anilines is 2. The summed E-state index contributed by atoms with van der Waals surface area (Å²) in [4.78, 5) is 18.8. The number of rotatable bonds is 3.